The summed E-state index contributed by atoms with van der Waals surface area (Å²) >= 11 is 0. The Morgan fingerprint density at radius 1 is 0.933 bits per heavy atom. The van der Waals surface area contributed by atoms with Crippen LogP contribution >= 0.6 is 0 Å². The Bertz CT molecular complexity index is 560. The third kappa shape index (κ3) is 1.21. The van der Waals surface area contributed by atoms with E-state index in [4.69, 9.17) is 0 Å². The number of hydrogen-bond acceptors (Lipinski definition) is 0. The first-order chi connectivity index (χ1) is 7.25. The van der Waals surface area contributed by atoms with Crippen LogP contribution in [0, 0.1) is 0 Å². The van der Waals surface area contributed by atoms with E-state index in [0.717, 1.165) is 0 Å². The van der Waals surface area contributed by atoms with Crippen molar-refractivity contribution >= 4 is 22.9 Å². The molecule has 0 radical (unpaired) electrons. The second-order valence-electron chi connectivity index (χ2n) is 4.54. The van der Waals surface area contributed by atoms with E-state index in [1.54, 1.807) is 0 Å². The Balaban J connectivity index is 2.40. The van der Waals surface area contributed by atoms with E-state index >= 15 is 0 Å². The molecule has 0 aromatic heterocycles. The zero-order valence-corrected chi connectivity index (χ0v) is 9.12. The van der Waals surface area contributed by atoms with Gasteiger partial charge in [-0.15, -0.1) is 0 Å². The summed E-state index contributed by atoms with van der Waals surface area (Å²) in [6.07, 6.45) is 4.44. The van der Waals surface area contributed by atoms with Gasteiger partial charge in [0, 0.05) is 0 Å². The van der Waals surface area contributed by atoms with Crippen molar-refractivity contribution in [3.63, 3.8) is 0 Å². The van der Waals surface area contributed by atoms with Gasteiger partial charge in [0.15, 0.2) is 0 Å². The van der Waals surface area contributed by atoms with Crippen LogP contribution in [0.1, 0.15) is 36.5 Å². The molecule has 0 fully saturated rings. The molecule has 0 nitrogen and oxygen atoms in total. The molecule has 0 N–H and O–H groups in total. The molecule has 2 aromatic carbocycles. The van der Waals surface area contributed by atoms with Gasteiger partial charge < -0.3 is 0 Å². The molecule has 0 saturated heterocycles. The Morgan fingerprint density at radius 2 is 1.73 bits per heavy atom. The summed E-state index contributed by atoms with van der Waals surface area (Å²) in [6.45, 7) is 4.49. The molecule has 1 aliphatic carbocycles. The van der Waals surface area contributed by atoms with E-state index in [1.807, 2.05) is 0 Å². The van der Waals surface area contributed by atoms with Crippen molar-refractivity contribution in [2.24, 2.45) is 0 Å². The molecule has 2 aromatic rings. The molecule has 3 rings (SSSR count). The molecule has 0 spiro atoms. The highest BCUT2D eigenvalue weighted by atomic mass is 14.1. The van der Waals surface area contributed by atoms with Gasteiger partial charge in [0.25, 0.3) is 0 Å². The highest BCUT2D eigenvalue weighted by Crippen LogP contribution is 2.33. The minimum Gasteiger partial charge on any atom is -0.0610 e. The van der Waals surface area contributed by atoms with Gasteiger partial charge in [-0.05, 0) is 33.4 Å². The average Bonchev–Trinajstić information content (AvgIpc) is 2.64. The first kappa shape index (κ1) is 8.72. The molecule has 0 saturated carbocycles. The number of rotatable bonds is 1. The maximum absolute atomic E-state index is 2.32. The summed E-state index contributed by atoms with van der Waals surface area (Å²) in [6, 6.07) is 11.2. The van der Waals surface area contributed by atoms with Crippen molar-refractivity contribution in [3.05, 3.63) is 47.0 Å². The first-order valence-corrected chi connectivity index (χ1v) is 5.50. The van der Waals surface area contributed by atoms with Crippen LogP contribution in [0.4, 0.5) is 0 Å². The molecule has 0 unspecified atom stereocenters. The van der Waals surface area contributed by atoms with Gasteiger partial charge in [-0.1, -0.05) is 56.3 Å². The van der Waals surface area contributed by atoms with Gasteiger partial charge >= 0.3 is 0 Å². The Morgan fingerprint density at radius 3 is 2.53 bits per heavy atom. The summed E-state index contributed by atoms with van der Waals surface area (Å²) < 4.78 is 0. The summed E-state index contributed by atoms with van der Waals surface area (Å²) in [7, 11) is 0. The van der Waals surface area contributed by atoms with Crippen molar-refractivity contribution in [1.82, 2.24) is 0 Å². The van der Waals surface area contributed by atoms with E-state index in [0.29, 0.717) is 5.92 Å². The highest BCUT2D eigenvalue weighted by molar-refractivity contribution is 6.05. The van der Waals surface area contributed by atoms with Crippen LogP contribution in [0.5, 0.6) is 0 Å². The van der Waals surface area contributed by atoms with E-state index in [9.17, 15) is 0 Å². The predicted octanol–water partition coefficient (Wildman–Crippen LogP) is 4.45. The Kier molecular flexibility index (Phi) is 1.72. The van der Waals surface area contributed by atoms with Crippen molar-refractivity contribution in [2.75, 3.05) is 0 Å². The van der Waals surface area contributed by atoms with Gasteiger partial charge in [0.1, 0.15) is 0 Å². The molecule has 0 amide bonds. The van der Waals surface area contributed by atoms with Crippen molar-refractivity contribution < 1.29 is 0 Å². The van der Waals surface area contributed by atoms with Crippen LogP contribution in [-0.2, 0) is 0 Å². The van der Waals surface area contributed by atoms with Crippen LogP contribution in [-0.4, -0.2) is 0 Å². The minimum atomic E-state index is 0.600. The quantitative estimate of drug-likeness (QED) is 0.537. The summed E-state index contributed by atoms with van der Waals surface area (Å²) in [5.74, 6) is 0.600. The van der Waals surface area contributed by atoms with E-state index < -0.39 is 0 Å². The third-order valence-corrected chi connectivity index (χ3v) is 3.17. The molecule has 0 atom stereocenters. The first-order valence-electron chi connectivity index (χ1n) is 5.50. The van der Waals surface area contributed by atoms with Gasteiger partial charge in [-0.3, -0.25) is 0 Å². The molecule has 0 bridgehead atoms. The van der Waals surface area contributed by atoms with Gasteiger partial charge in [0.05, 0.1) is 0 Å². The number of hydrogen-bond donors (Lipinski definition) is 0. The topological polar surface area (TPSA) is 0 Å². The van der Waals surface area contributed by atoms with Crippen LogP contribution in [0.2, 0.25) is 0 Å². The van der Waals surface area contributed by atoms with Crippen molar-refractivity contribution in [2.45, 2.75) is 19.8 Å². The maximum Gasteiger partial charge on any atom is -0.00387 e. The monoisotopic (exact) mass is 194 g/mol. The summed E-state index contributed by atoms with van der Waals surface area (Å²) in [4.78, 5) is 0. The third-order valence-electron chi connectivity index (χ3n) is 3.17. The molecule has 0 aliphatic heterocycles. The summed E-state index contributed by atoms with van der Waals surface area (Å²) in [5, 5.41) is 2.79. The normalized spacial score (nSPS) is 13.0. The lowest BCUT2D eigenvalue weighted by Crippen LogP contribution is -1.89. The predicted molar refractivity (Wildman–Crippen MR) is 67.0 cm³/mol. The molecule has 74 valence electrons. The fraction of sp³-hybridized carbons (Fsp3) is 0.200. The molecular formula is C15H14. The zero-order valence-electron chi connectivity index (χ0n) is 9.12. The maximum atomic E-state index is 2.32. The van der Waals surface area contributed by atoms with Crippen LogP contribution < -0.4 is 0 Å². The fourth-order valence-corrected chi connectivity index (χ4v) is 2.30. The van der Waals surface area contributed by atoms with Gasteiger partial charge in [-0.25, -0.2) is 0 Å². The zero-order chi connectivity index (χ0) is 10.4. The molecule has 0 heteroatoms. The lowest BCUT2D eigenvalue weighted by atomic mass is 9.95. The smallest absolute Gasteiger partial charge is 0.00387 e. The van der Waals surface area contributed by atoms with Gasteiger partial charge in [0.2, 0.25) is 0 Å². The van der Waals surface area contributed by atoms with E-state index in [1.165, 1.54) is 27.5 Å². The van der Waals surface area contributed by atoms with Crippen molar-refractivity contribution in [1.29, 1.82) is 0 Å². The standard InChI is InChI=1S/C15H14/c1-10(2)14-8-12-5-3-4-11-6-7-13(9-14)15(11)12/h3-10H,1-2H3. The van der Waals surface area contributed by atoms with Crippen molar-refractivity contribution in [3.8, 4) is 0 Å². The minimum absolute atomic E-state index is 0.600. The van der Waals surface area contributed by atoms with Crippen LogP contribution in [0.15, 0.2) is 30.3 Å². The van der Waals surface area contributed by atoms with E-state index in [-0.39, 0.29) is 0 Å². The lowest BCUT2D eigenvalue weighted by molar-refractivity contribution is 0.868. The van der Waals surface area contributed by atoms with E-state index in [2.05, 4.69) is 56.3 Å². The Hall–Kier alpha value is -1.56. The largest absolute Gasteiger partial charge is 0.0610 e. The second-order valence-corrected chi connectivity index (χ2v) is 4.54. The van der Waals surface area contributed by atoms with Crippen LogP contribution in [0.25, 0.3) is 22.9 Å². The molecule has 15 heavy (non-hydrogen) atoms. The average molecular weight is 194 g/mol. The highest BCUT2D eigenvalue weighted by Gasteiger charge is 2.10. The second kappa shape index (κ2) is 2.96. The number of benzene rings is 2. The molecular weight excluding hydrogens is 180 g/mol. The lowest BCUT2D eigenvalue weighted by Gasteiger charge is -2.09. The Labute approximate surface area is 90.2 Å². The molecule has 1 aliphatic rings. The summed E-state index contributed by atoms with van der Waals surface area (Å²) in [5.41, 5.74) is 4.17. The van der Waals surface area contributed by atoms with Crippen LogP contribution in [0.3, 0.4) is 0 Å². The molecule has 0 heterocycles. The van der Waals surface area contributed by atoms with Gasteiger partial charge in [-0.2, -0.15) is 0 Å². The SMILES string of the molecule is CC(C)c1cc2c3c(cccc3c1)C=C2. The fourth-order valence-electron chi connectivity index (χ4n) is 2.30.